The number of carbonyl (C=O) groups excluding carboxylic acids is 4. The highest BCUT2D eigenvalue weighted by atomic mass is 35.5. The van der Waals surface area contributed by atoms with E-state index >= 15 is 0 Å². The van der Waals surface area contributed by atoms with E-state index in [9.17, 15) is 19.2 Å². The Kier molecular flexibility index (Phi) is 14.2. The van der Waals surface area contributed by atoms with Gasteiger partial charge in [-0.1, -0.05) is 98.2 Å². The van der Waals surface area contributed by atoms with Gasteiger partial charge in [-0.15, -0.1) is 22.7 Å². The summed E-state index contributed by atoms with van der Waals surface area (Å²) in [6.07, 6.45) is 4.24. The number of halogens is 2. The molecule has 2 aliphatic heterocycles. The van der Waals surface area contributed by atoms with Crippen molar-refractivity contribution < 1.29 is 23.9 Å². The van der Waals surface area contributed by atoms with E-state index in [0.717, 1.165) is 50.7 Å². The number of nitrogens with zero attached hydrogens (tertiary/aromatic N) is 6. The maximum Gasteiger partial charge on any atom is 0.410 e. The number of hydrogen-bond acceptors (Lipinski definition) is 9. The minimum atomic E-state index is -0.537. The van der Waals surface area contributed by atoms with Gasteiger partial charge in [0.2, 0.25) is 5.91 Å². The summed E-state index contributed by atoms with van der Waals surface area (Å²) < 4.78 is 9.73. The highest BCUT2D eigenvalue weighted by Crippen LogP contribution is 2.33. The Balaban J connectivity index is 0.000000221. The first-order valence-electron chi connectivity index (χ1n) is 19.6. The Bertz CT molecular complexity index is 2120. The zero-order valence-corrected chi connectivity index (χ0v) is 38.2. The summed E-state index contributed by atoms with van der Waals surface area (Å²) >= 11 is 15.2. The second kappa shape index (κ2) is 18.2. The number of aryl methyl sites for hydroxylation is 4. The molecule has 2 amide bonds. The van der Waals surface area contributed by atoms with Crippen molar-refractivity contribution in [3.8, 4) is 0 Å². The van der Waals surface area contributed by atoms with Crippen molar-refractivity contribution in [3.63, 3.8) is 0 Å². The van der Waals surface area contributed by atoms with Crippen molar-refractivity contribution in [1.82, 2.24) is 29.4 Å². The summed E-state index contributed by atoms with van der Waals surface area (Å²) in [5.74, 6) is 0.406. The number of rotatable bonds is 10. The smallest absolute Gasteiger partial charge is 0.410 e. The van der Waals surface area contributed by atoms with Crippen LogP contribution >= 0.6 is 45.9 Å². The lowest BCUT2D eigenvalue weighted by atomic mass is 9.89. The van der Waals surface area contributed by atoms with E-state index in [1.807, 2.05) is 104 Å². The summed E-state index contributed by atoms with van der Waals surface area (Å²) in [6.45, 7) is 23.4. The fourth-order valence-electron chi connectivity index (χ4n) is 6.44. The molecule has 4 aromatic rings. The minimum absolute atomic E-state index is 0.00934. The number of ether oxygens (including phenoxy) is 1. The molecule has 0 unspecified atom stereocenters. The Morgan fingerprint density at radius 1 is 0.672 bits per heavy atom. The van der Waals surface area contributed by atoms with Crippen LogP contribution in [0.4, 0.5) is 4.79 Å². The van der Waals surface area contributed by atoms with E-state index in [1.54, 1.807) is 43.0 Å². The maximum atomic E-state index is 13.0. The molecule has 4 aromatic heterocycles. The third-order valence-electron chi connectivity index (χ3n) is 9.90. The van der Waals surface area contributed by atoms with E-state index in [4.69, 9.17) is 27.9 Å². The summed E-state index contributed by atoms with van der Waals surface area (Å²) in [5.41, 5.74) is 2.12. The molecule has 0 aliphatic carbocycles. The van der Waals surface area contributed by atoms with Gasteiger partial charge in [0.1, 0.15) is 6.61 Å². The van der Waals surface area contributed by atoms with Crippen molar-refractivity contribution in [2.24, 2.45) is 16.2 Å². The van der Waals surface area contributed by atoms with Gasteiger partial charge in [-0.25, -0.2) is 14.2 Å². The number of carbonyl (C=O) groups is 4. The Labute approximate surface area is 360 Å². The summed E-state index contributed by atoms with van der Waals surface area (Å²) in [7, 11) is 0. The van der Waals surface area contributed by atoms with Gasteiger partial charge in [-0.3, -0.25) is 14.4 Å². The summed E-state index contributed by atoms with van der Waals surface area (Å²) in [4.78, 5) is 56.1. The van der Waals surface area contributed by atoms with Gasteiger partial charge < -0.3 is 14.5 Å². The lowest BCUT2D eigenvalue weighted by Gasteiger charge is -2.41. The first-order chi connectivity index (χ1) is 27.0. The monoisotopic (exact) mass is 870 g/mol. The van der Waals surface area contributed by atoms with Gasteiger partial charge in [-0.2, -0.15) is 10.2 Å². The topological polar surface area (TPSA) is 120 Å². The molecule has 2 fully saturated rings. The third-order valence-corrected chi connectivity index (χ3v) is 12.5. The SMILES string of the molecule is C=CCOC(=O)N1CC(c2cc(CCc3ccc(Cl)s3)n(C(=O)C(C)(C)C)n2)C1.CC(C)(C)C(=O)N1CC(c2cc(CCc3ccc(Cl)s3)n(C(=O)C(C)(C)C)n2)C1. The van der Waals surface area contributed by atoms with Crippen molar-refractivity contribution in [2.45, 2.75) is 99.8 Å². The molecule has 0 bridgehead atoms. The molecule has 0 radical (unpaired) electrons. The molecule has 0 saturated carbocycles. The molecule has 0 spiro atoms. The highest BCUT2D eigenvalue weighted by molar-refractivity contribution is 7.16. The zero-order valence-electron chi connectivity index (χ0n) is 35.1. The molecule has 0 N–H and O–H groups in total. The van der Waals surface area contributed by atoms with E-state index in [1.165, 1.54) is 9.75 Å². The summed E-state index contributed by atoms with van der Waals surface area (Å²) in [6, 6.07) is 11.9. The van der Waals surface area contributed by atoms with Crippen LogP contribution in [0.15, 0.2) is 49.1 Å². The quantitative estimate of drug-likeness (QED) is 0.146. The van der Waals surface area contributed by atoms with E-state index < -0.39 is 10.8 Å². The fraction of sp³-hybridized carbons (Fsp3) is 0.535. The maximum absolute atomic E-state index is 13.0. The minimum Gasteiger partial charge on any atom is -0.445 e. The molecular formula is C43H56Cl2N6O5S2. The zero-order chi connectivity index (χ0) is 42.7. The third kappa shape index (κ3) is 11.3. The number of likely N-dealkylation sites (tertiary alicyclic amines) is 2. The van der Waals surface area contributed by atoms with Crippen LogP contribution in [-0.2, 0) is 35.2 Å². The average Bonchev–Trinajstić information content (AvgIpc) is 3.90. The van der Waals surface area contributed by atoms with E-state index in [0.29, 0.717) is 32.6 Å². The standard InChI is InChI=1S/C22H30ClN3O2S.C21H26ClN3O3S/c1-21(2,3)19(27)25-12-14(13-25)17-11-15(7-8-16-9-10-18(23)29-16)26(24-17)20(28)22(4,5)6;1-5-10-28-20(27)24-12-14(13-24)17-11-15(6-7-16-8-9-18(22)29-16)25(23-17)19(26)21(2,3)4/h9-11,14H,7-8,12-13H2,1-6H3;5,8-9,11,14H,1,6-7,10,12-13H2,2-4H3. The molecule has 2 aliphatic rings. The van der Waals surface area contributed by atoms with E-state index in [-0.39, 0.29) is 47.7 Å². The largest absolute Gasteiger partial charge is 0.445 e. The van der Waals surface area contributed by atoms with Crippen LogP contribution in [0.3, 0.4) is 0 Å². The van der Waals surface area contributed by atoms with Gasteiger partial charge in [0.05, 0.1) is 20.1 Å². The van der Waals surface area contributed by atoms with Crippen LogP contribution < -0.4 is 0 Å². The lowest BCUT2D eigenvalue weighted by Crippen LogP contribution is -2.52. The molecule has 58 heavy (non-hydrogen) atoms. The van der Waals surface area contributed by atoms with Crippen molar-refractivity contribution in [3.05, 3.63) is 90.3 Å². The number of amides is 2. The second-order valence-electron chi connectivity index (χ2n) is 18.1. The predicted octanol–water partition coefficient (Wildman–Crippen LogP) is 9.83. The van der Waals surface area contributed by atoms with Crippen molar-refractivity contribution in [1.29, 1.82) is 0 Å². The molecule has 6 rings (SSSR count). The normalized spacial score (nSPS) is 15.0. The van der Waals surface area contributed by atoms with Crippen molar-refractivity contribution >= 4 is 69.7 Å². The average molecular weight is 872 g/mol. The van der Waals surface area contributed by atoms with Gasteiger partial charge in [-0.05, 0) is 62.1 Å². The fourth-order valence-corrected chi connectivity index (χ4v) is 8.61. The van der Waals surface area contributed by atoms with Crippen molar-refractivity contribution in [2.75, 3.05) is 32.8 Å². The van der Waals surface area contributed by atoms with Crippen LogP contribution in [0.1, 0.15) is 116 Å². The van der Waals surface area contributed by atoms with Gasteiger partial charge >= 0.3 is 6.09 Å². The summed E-state index contributed by atoms with van der Waals surface area (Å²) in [5, 5.41) is 9.30. The molecular weight excluding hydrogens is 816 g/mol. The van der Waals surface area contributed by atoms with Crippen LogP contribution in [0.5, 0.6) is 0 Å². The molecule has 11 nitrogen and oxygen atoms in total. The lowest BCUT2D eigenvalue weighted by molar-refractivity contribution is -0.144. The number of aromatic nitrogens is 4. The van der Waals surface area contributed by atoms with Crippen LogP contribution in [-0.4, -0.2) is 86.0 Å². The predicted molar refractivity (Wildman–Crippen MR) is 233 cm³/mol. The molecule has 0 aromatic carbocycles. The molecule has 314 valence electrons. The Hall–Kier alpha value is -3.78. The first-order valence-corrected chi connectivity index (χ1v) is 22.0. The van der Waals surface area contributed by atoms with Crippen LogP contribution in [0.25, 0.3) is 0 Å². The second-order valence-corrected chi connectivity index (χ2v) is 21.7. The molecule has 15 heteroatoms. The van der Waals surface area contributed by atoms with Gasteiger partial charge in [0.25, 0.3) is 11.8 Å². The molecule has 0 atom stereocenters. The number of hydrogen-bond donors (Lipinski definition) is 0. The molecule has 6 heterocycles. The number of thiophene rings is 2. The van der Waals surface area contributed by atoms with E-state index in [2.05, 4.69) is 16.8 Å². The Morgan fingerprint density at radius 3 is 1.41 bits per heavy atom. The van der Waals surface area contributed by atoms with Gasteiger partial charge in [0, 0.05) is 75.4 Å². The van der Waals surface area contributed by atoms with Crippen LogP contribution in [0.2, 0.25) is 8.67 Å². The Morgan fingerprint density at radius 2 is 1.07 bits per heavy atom. The first kappa shape index (κ1) is 45.3. The molecule has 2 saturated heterocycles. The van der Waals surface area contributed by atoms with Crippen LogP contribution in [0, 0.1) is 16.2 Å². The van der Waals surface area contributed by atoms with Gasteiger partial charge in [0.15, 0.2) is 0 Å². The highest BCUT2D eigenvalue weighted by Gasteiger charge is 2.39.